The number of hydrogen-bond acceptors (Lipinski definition) is 11. The van der Waals surface area contributed by atoms with Crippen molar-refractivity contribution in [3.05, 3.63) is 142 Å². The van der Waals surface area contributed by atoms with Gasteiger partial charge in [-0.05, 0) is 129 Å². The number of fused-ring (bicyclic) bond motifs is 3. The van der Waals surface area contributed by atoms with Gasteiger partial charge in [0.15, 0.2) is 0 Å². The number of hydrogen-bond donors (Lipinski definition) is 8. The predicted molar refractivity (Wildman–Crippen MR) is 306 cm³/mol. The molecule has 440 valence electrons. The van der Waals surface area contributed by atoms with E-state index in [0.717, 1.165) is 48.8 Å². The zero-order valence-electron chi connectivity index (χ0n) is 46.2. The first-order valence-corrected chi connectivity index (χ1v) is 30.0. The van der Waals surface area contributed by atoms with Crippen molar-refractivity contribution in [2.24, 2.45) is 24.6 Å². The lowest BCUT2D eigenvalue weighted by Gasteiger charge is -2.39. The highest BCUT2D eigenvalue weighted by molar-refractivity contribution is 7.70. The highest BCUT2D eigenvalue weighted by Gasteiger charge is 2.46. The summed E-state index contributed by atoms with van der Waals surface area (Å²) in [7, 11) is -3.47. The van der Waals surface area contributed by atoms with Crippen molar-refractivity contribution >= 4 is 82.3 Å². The molecule has 1 aliphatic carbocycles. The third-order valence-corrected chi connectivity index (χ3v) is 17.8. The van der Waals surface area contributed by atoms with Crippen molar-refractivity contribution < 1.29 is 57.5 Å². The maximum atomic E-state index is 15.2. The van der Waals surface area contributed by atoms with E-state index in [2.05, 4.69) is 26.3 Å². The second kappa shape index (κ2) is 24.7. The summed E-state index contributed by atoms with van der Waals surface area (Å²) in [5.41, 5.74) is 7.66. The number of nitrogens with zero attached hydrogens (tertiary/aromatic N) is 4. The molecule has 0 bridgehead atoms. The number of aromatic nitrogens is 3. The van der Waals surface area contributed by atoms with E-state index in [0.29, 0.717) is 29.4 Å². The largest absolute Gasteiger partial charge is 0.396 e. The quantitative estimate of drug-likeness (QED) is 0.0448. The number of carbonyl (C=O) groups is 9. The van der Waals surface area contributed by atoms with Gasteiger partial charge in [-0.1, -0.05) is 66.7 Å². The number of carbonyl (C=O) groups excluding carboxylic acids is 9. The first-order chi connectivity index (χ1) is 40.2. The molecule has 5 atom stereocenters. The summed E-state index contributed by atoms with van der Waals surface area (Å²) in [6.07, 6.45) is 4.91. The molecule has 2 aromatic heterocycles. The van der Waals surface area contributed by atoms with E-state index < -0.39 is 84.8 Å². The van der Waals surface area contributed by atoms with Crippen LogP contribution in [0.4, 0.5) is 0 Å². The maximum absolute atomic E-state index is 15.2. The van der Waals surface area contributed by atoms with Gasteiger partial charge in [-0.15, -0.1) is 0 Å². The highest BCUT2D eigenvalue weighted by Crippen LogP contribution is 2.40. The van der Waals surface area contributed by atoms with Crippen LogP contribution < -0.4 is 32.7 Å². The number of H-pyrrole nitrogens is 1. The van der Waals surface area contributed by atoms with Crippen LogP contribution in [0.15, 0.2) is 108 Å². The second-order valence-corrected chi connectivity index (χ2v) is 24.1. The molecule has 10 rings (SSSR count). The molecule has 0 spiro atoms. The van der Waals surface area contributed by atoms with Crippen LogP contribution in [0.2, 0.25) is 0 Å². The zero-order valence-corrected chi connectivity index (χ0v) is 47.1. The number of aromatic amines is 1. The van der Waals surface area contributed by atoms with Crippen molar-refractivity contribution in [2.45, 2.75) is 120 Å². The topological polar surface area (TPSA) is 335 Å². The molecule has 5 heterocycles. The third-order valence-electron chi connectivity index (χ3n) is 17.0. The van der Waals surface area contributed by atoms with Gasteiger partial charge in [0.05, 0.1) is 17.1 Å². The van der Waals surface area contributed by atoms with Gasteiger partial charge >= 0.3 is 13.3 Å². The van der Waals surface area contributed by atoms with Gasteiger partial charge in [0.2, 0.25) is 41.4 Å². The maximum Gasteiger partial charge on any atom is 0.396 e. The summed E-state index contributed by atoms with van der Waals surface area (Å²) < 4.78 is 14.8. The fourth-order valence-corrected chi connectivity index (χ4v) is 13.1. The van der Waals surface area contributed by atoms with Gasteiger partial charge in [-0.2, -0.15) is 0 Å². The minimum absolute atomic E-state index is 0.0221. The van der Waals surface area contributed by atoms with E-state index in [1.165, 1.54) is 38.3 Å². The number of nitrogens with two attached hydrogens (primary N) is 1. The molecular formula is C60H67N10O13P. The number of piperidine rings is 1. The van der Waals surface area contributed by atoms with Gasteiger partial charge in [-0.3, -0.25) is 62.2 Å². The zero-order chi connectivity index (χ0) is 59.6. The minimum atomic E-state index is -5.13. The summed E-state index contributed by atoms with van der Waals surface area (Å²) in [6, 6.07) is 23.7. The monoisotopic (exact) mass is 1170 g/mol. The average Bonchev–Trinajstić information content (AvgIpc) is 3.38. The lowest BCUT2D eigenvalue weighted by molar-refractivity contribution is -0.146. The van der Waals surface area contributed by atoms with Gasteiger partial charge in [0.25, 0.3) is 11.4 Å². The van der Waals surface area contributed by atoms with Gasteiger partial charge in [-0.25, -0.2) is 4.79 Å². The molecule has 3 aliphatic heterocycles. The molecule has 6 aromatic rings. The normalized spacial score (nSPS) is 21.5. The Morgan fingerprint density at radius 1 is 0.774 bits per heavy atom. The third kappa shape index (κ3) is 12.8. The Morgan fingerprint density at radius 3 is 2.13 bits per heavy atom. The molecule has 9 N–H and O–H groups in total. The fourth-order valence-electron chi connectivity index (χ4n) is 12.6. The van der Waals surface area contributed by atoms with Gasteiger partial charge < -0.3 is 46.3 Å². The summed E-state index contributed by atoms with van der Waals surface area (Å²) in [5.74, 6) is -4.13. The van der Waals surface area contributed by atoms with Crippen molar-refractivity contribution in [1.82, 2.24) is 45.2 Å². The lowest BCUT2D eigenvalue weighted by Crippen LogP contribution is -2.62. The SMILES string of the molecule is Cn1c(=O)n([C@@H]2CCC(=O)NC2=O)c2ccc(C[C@H]3CC[C@@H](CC(=O)N4CC[C@H]5CC[C@@H](C(=O)N[C@@H](CCC(N)=O)C(=O)NC(c6ccccc6)c6ccccc6)N5C(=O)[C@@H](NC(=O)c5cc6cc(C(=O)P(=O)(O)O)ccc6[nH]5)C4)CC3)cc21. The Morgan fingerprint density at radius 2 is 1.46 bits per heavy atom. The summed E-state index contributed by atoms with van der Waals surface area (Å²) >= 11 is 0. The van der Waals surface area contributed by atoms with Crippen LogP contribution in [0.25, 0.3) is 21.9 Å². The Labute approximate surface area is 482 Å². The number of primary amides is 1. The molecule has 3 saturated heterocycles. The van der Waals surface area contributed by atoms with Gasteiger partial charge in [0.1, 0.15) is 29.9 Å². The average molecular weight is 1170 g/mol. The highest BCUT2D eigenvalue weighted by atomic mass is 31.2. The van der Waals surface area contributed by atoms with Gasteiger partial charge in [0, 0.05) is 61.9 Å². The molecule has 4 aliphatic rings. The van der Waals surface area contributed by atoms with Crippen molar-refractivity contribution in [3.8, 4) is 0 Å². The first-order valence-electron chi connectivity index (χ1n) is 28.4. The predicted octanol–water partition coefficient (Wildman–Crippen LogP) is 3.90. The van der Waals surface area contributed by atoms with E-state index in [9.17, 15) is 57.5 Å². The van der Waals surface area contributed by atoms with E-state index in [4.69, 9.17) is 5.73 Å². The second-order valence-electron chi connectivity index (χ2n) is 22.6. The fraction of sp³-hybridized carbons (Fsp3) is 0.400. The van der Waals surface area contributed by atoms with E-state index in [1.807, 2.05) is 78.9 Å². The molecule has 23 nitrogen and oxygen atoms in total. The number of imidazole rings is 1. The Kier molecular flexibility index (Phi) is 17.3. The number of benzene rings is 4. The van der Waals surface area contributed by atoms with Crippen LogP contribution in [0, 0.1) is 11.8 Å². The number of aryl methyl sites for hydroxylation is 1. The first kappa shape index (κ1) is 58.7. The molecule has 0 unspecified atom stereocenters. The summed E-state index contributed by atoms with van der Waals surface area (Å²) in [5, 5.41) is 11.3. The van der Waals surface area contributed by atoms with Crippen LogP contribution in [-0.2, 0) is 51.6 Å². The smallest absolute Gasteiger partial charge is 0.370 e. The Balaban J connectivity index is 0.845. The van der Waals surface area contributed by atoms with Crippen molar-refractivity contribution in [2.75, 3.05) is 13.1 Å². The van der Waals surface area contributed by atoms with Crippen molar-refractivity contribution in [3.63, 3.8) is 0 Å². The minimum Gasteiger partial charge on any atom is -0.370 e. The van der Waals surface area contributed by atoms with Crippen LogP contribution in [0.1, 0.15) is 127 Å². The van der Waals surface area contributed by atoms with E-state index in [1.54, 1.807) is 11.9 Å². The van der Waals surface area contributed by atoms with Crippen LogP contribution in [0.5, 0.6) is 0 Å². The summed E-state index contributed by atoms with van der Waals surface area (Å²) in [4.78, 5) is 161. The standard InChI is InChI=1S/C60H67N10O13P/c1-67-49-29-36(16-21-46(49)70(60(67)80)48-23-25-51(72)65-57(48)77)28-34-12-14-35(15-13-34)30-52(73)68-27-26-41-18-22-47(56(76)63-43(20-24-50(61)71)54(74)66-53(37-8-4-2-5-9-37)38-10-6-3-7-11-38)69(41)58(78)45(33-68)64-55(75)44-32-40-31-39(17-19-42(40)62-44)59(79)84(81,82)83/h2-11,16-17,19,21,29,31-32,34-35,41,43,45,47-48,53,62H,12-15,18,20,22-28,30,33H2,1H3,(H2,61,71)(H,63,76)(H,64,75)(H,66,74)(H,65,72,77)(H2,81,82,83)/t34-,35+,41-,43+,45+,47+,48-/m1/s1. The Bertz CT molecular complexity index is 3640. The van der Waals surface area contributed by atoms with Crippen molar-refractivity contribution in [1.29, 1.82) is 0 Å². The van der Waals surface area contributed by atoms with Crippen LogP contribution in [0.3, 0.4) is 0 Å². The van der Waals surface area contributed by atoms with E-state index >= 15 is 4.79 Å². The molecule has 0 radical (unpaired) electrons. The number of nitrogens with one attached hydrogen (secondary N) is 5. The molecule has 1 saturated carbocycles. The molecule has 84 heavy (non-hydrogen) atoms. The molecule has 4 fully saturated rings. The molecule has 24 heteroatoms. The van der Waals surface area contributed by atoms with E-state index in [-0.39, 0.29) is 97.6 Å². The van der Waals surface area contributed by atoms with Crippen LogP contribution >= 0.6 is 7.60 Å². The number of imide groups is 1. The number of amides is 8. The summed E-state index contributed by atoms with van der Waals surface area (Å²) in [6.45, 7) is -0.0654. The Hall–Kier alpha value is -8.53. The number of rotatable bonds is 18. The molecular weight excluding hydrogens is 1100 g/mol. The lowest BCUT2D eigenvalue weighted by atomic mass is 9.78. The molecule has 4 aromatic carbocycles. The molecule has 8 amide bonds. The van der Waals surface area contributed by atoms with Crippen LogP contribution in [-0.4, -0.2) is 124 Å².